The lowest BCUT2D eigenvalue weighted by atomic mass is 9.89. The Morgan fingerprint density at radius 2 is 1.89 bits per heavy atom. The van der Waals surface area contributed by atoms with Gasteiger partial charge in [-0.15, -0.1) is 0 Å². The third-order valence-corrected chi connectivity index (χ3v) is 4.45. The second kappa shape index (κ2) is 5.41. The Kier molecular flexibility index (Phi) is 4.08. The Morgan fingerprint density at radius 1 is 1.17 bits per heavy atom. The van der Waals surface area contributed by atoms with E-state index in [1.165, 1.54) is 41.6 Å². The summed E-state index contributed by atoms with van der Waals surface area (Å²) in [5.74, 6) is 0. The average molecular weight is 246 g/mol. The maximum Gasteiger partial charge on any atom is 0.0498 e. The number of hydrogen-bond acceptors (Lipinski definition) is 2. The van der Waals surface area contributed by atoms with E-state index in [-0.39, 0.29) is 0 Å². The van der Waals surface area contributed by atoms with Crippen LogP contribution in [0.5, 0.6) is 0 Å². The maximum absolute atomic E-state index is 3.66. The third-order valence-electron chi connectivity index (χ3n) is 4.45. The summed E-state index contributed by atoms with van der Waals surface area (Å²) in [4.78, 5) is 2.36. The molecule has 0 amide bonds. The molecule has 1 saturated heterocycles. The second-order valence-electron chi connectivity index (χ2n) is 5.83. The van der Waals surface area contributed by atoms with Gasteiger partial charge in [0.2, 0.25) is 0 Å². The molecule has 0 bridgehead atoms. The number of hydrogen-bond donors (Lipinski definition) is 1. The van der Waals surface area contributed by atoms with Gasteiger partial charge in [-0.2, -0.15) is 0 Å². The third kappa shape index (κ3) is 2.45. The number of aryl methyl sites for hydroxylation is 1. The highest BCUT2D eigenvalue weighted by atomic mass is 15.1. The summed E-state index contributed by atoms with van der Waals surface area (Å²) in [6.45, 7) is 7.87. The standard InChI is InChI=1S/C16H26N2/c1-11-8-9-14(13(3)12(11)2)16(18(4)5)15-7-6-10-17-15/h8-9,15-17H,6-7,10H2,1-5H3. The van der Waals surface area contributed by atoms with E-state index in [0.717, 1.165) is 0 Å². The molecule has 100 valence electrons. The minimum absolute atomic E-state index is 0.492. The Hall–Kier alpha value is -0.860. The molecule has 0 aromatic heterocycles. The highest BCUT2D eigenvalue weighted by Crippen LogP contribution is 2.31. The SMILES string of the molecule is Cc1ccc(C(C2CCCN2)N(C)C)c(C)c1C. The first-order valence-corrected chi connectivity index (χ1v) is 6.99. The van der Waals surface area contributed by atoms with E-state index in [1.54, 1.807) is 0 Å². The van der Waals surface area contributed by atoms with Gasteiger partial charge in [0.25, 0.3) is 0 Å². The van der Waals surface area contributed by atoms with E-state index in [0.29, 0.717) is 12.1 Å². The molecule has 2 atom stereocenters. The first-order chi connectivity index (χ1) is 8.52. The minimum Gasteiger partial charge on any atom is -0.312 e. The Morgan fingerprint density at radius 3 is 2.44 bits per heavy atom. The molecule has 1 heterocycles. The molecule has 0 saturated carbocycles. The lowest BCUT2D eigenvalue weighted by molar-refractivity contribution is 0.243. The summed E-state index contributed by atoms with van der Waals surface area (Å²) in [5.41, 5.74) is 5.79. The van der Waals surface area contributed by atoms with Gasteiger partial charge in [0.15, 0.2) is 0 Å². The van der Waals surface area contributed by atoms with Crippen molar-refractivity contribution in [3.05, 3.63) is 34.4 Å². The van der Waals surface area contributed by atoms with Crippen LogP contribution in [0.2, 0.25) is 0 Å². The van der Waals surface area contributed by atoms with Gasteiger partial charge in [0, 0.05) is 12.1 Å². The fourth-order valence-corrected chi connectivity index (χ4v) is 3.13. The lowest BCUT2D eigenvalue weighted by Gasteiger charge is -2.32. The average Bonchev–Trinajstić information content (AvgIpc) is 2.83. The predicted molar refractivity (Wildman–Crippen MR) is 78.1 cm³/mol. The molecule has 2 heteroatoms. The molecule has 1 aromatic rings. The van der Waals surface area contributed by atoms with Crippen molar-refractivity contribution in [3.63, 3.8) is 0 Å². The monoisotopic (exact) mass is 246 g/mol. The van der Waals surface area contributed by atoms with Crippen LogP contribution in [0.4, 0.5) is 0 Å². The summed E-state index contributed by atoms with van der Waals surface area (Å²) >= 11 is 0. The molecule has 1 aliphatic heterocycles. The van der Waals surface area contributed by atoms with Crippen LogP contribution in [-0.4, -0.2) is 31.6 Å². The highest BCUT2D eigenvalue weighted by molar-refractivity contribution is 5.41. The molecule has 1 aromatic carbocycles. The zero-order chi connectivity index (χ0) is 13.3. The molecule has 1 fully saturated rings. The van der Waals surface area contributed by atoms with Gasteiger partial charge in [0.05, 0.1) is 0 Å². The van der Waals surface area contributed by atoms with Crippen molar-refractivity contribution < 1.29 is 0 Å². The van der Waals surface area contributed by atoms with Crippen molar-refractivity contribution >= 4 is 0 Å². The zero-order valence-electron chi connectivity index (χ0n) is 12.4. The number of nitrogens with zero attached hydrogens (tertiary/aromatic N) is 1. The second-order valence-corrected chi connectivity index (χ2v) is 5.83. The normalized spacial score (nSPS) is 21.6. The van der Waals surface area contributed by atoms with Crippen LogP contribution < -0.4 is 5.32 Å². The number of rotatable bonds is 3. The van der Waals surface area contributed by atoms with E-state index < -0.39 is 0 Å². The summed E-state index contributed by atoms with van der Waals surface area (Å²) < 4.78 is 0. The summed E-state index contributed by atoms with van der Waals surface area (Å²) in [6, 6.07) is 5.68. The molecular formula is C16H26N2. The molecule has 0 radical (unpaired) electrons. The summed E-state index contributed by atoms with van der Waals surface area (Å²) in [5, 5.41) is 3.66. The number of likely N-dealkylation sites (N-methyl/N-ethyl adjacent to an activating group) is 1. The van der Waals surface area contributed by atoms with E-state index in [4.69, 9.17) is 0 Å². The van der Waals surface area contributed by atoms with E-state index in [9.17, 15) is 0 Å². The smallest absolute Gasteiger partial charge is 0.0498 e. The topological polar surface area (TPSA) is 15.3 Å². The molecule has 0 spiro atoms. The maximum atomic E-state index is 3.66. The first-order valence-electron chi connectivity index (χ1n) is 6.99. The fourth-order valence-electron chi connectivity index (χ4n) is 3.13. The Labute approximate surface area is 111 Å². The van der Waals surface area contributed by atoms with Crippen molar-refractivity contribution in [2.45, 2.75) is 45.7 Å². The number of nitrogens with one attached hydrogen (secondary N) is 1. The molecule has 1 aliphatic rings. The van der Waals surface area contributed by atoms with Gasteiger partial charge in [-0.25, -0.2) is 0 Å². The molecular weight excluding hydrogens is 220 g/mol. The van der Waals surface area contributed by atoms with Crippen LogP contribution in [0.3, 0.4) is 0 Å². The van der Waals surface area contributed by atoms with Crippen LogP contribution in [0, 0.1) is 20.8 Å². The van der Waals surface area contributed by atoms with Crippen molar-refractivity contribution in [1.82, 2.24) is 10.2 Å². The molecule has 1 N–H and O–H groups in total. The quantitative estimate of drug-likeness (QED) is 0.882. The van der Waals surface area contributed by atoms with Gasteiger partial charge in [-0.3, -0.25) is 0 Å². The molecule has 2 rings (SSSR count). The van der Waals surface area contributed by atoms with Crippen LogP contribution in [0.25, 0.3) is 0 Å². The molecule has 2 nitrogen and oxygen atoms in total. The highest BCUT2D eigenvalue weighted by Gasteiger charge is 2.28. The lowest BCUT2D eigenvalue weighted by Crippen LogP contribution is -2.37. The van der Waals surface area contributed by atoms with Crippen LogP contribution >= 0.6 is 0 Å². The van der Waals surface area contributed by atoms with Gasteiger partial charge >= 0.3 is 0 Å². The van der Waals surface area contributed by atoms with Crippen LogP contribution in [0.15, 0.2) is 12.1 Å². The van der Waals surface area contributed by atoms with Gasteiger partial charge < -0.3 is 10.2 Å². The Bertz CT molecular complexity index is 417. The van der Waals surface area contributed by atoms with E-state index >= 15 is 0 Å². The fraction of sp³-hybridized carbons (Fsp3) is 0.625. The van der Waals surface area contributed by atoms with E-state index in [1.807, 2.05) is 0 Å². The van der Waals surface area contributed by atoms with Crippen molar-refractivity contribution in [2.24, 2.45) is 0 Å². The van der Waals surface area contributed by atoms with Crippen molar-refractivity contribution in [3.8, 4) is 0 Å². The summed E-state index contributed by atoms with van der Waals surface area (Å²) in [7, 11) is 4.39. The van der Waals surface area contributed by atoms with Gasteiger partial charge in [0.1, 0.15) is 0 Å². The van der Waals surface area contributed by atoms with Gasteiger partial charge in [-0.05, 0) is 76.5 Å². The molecule has 0 aliphatic carbocycles. The van der Waals surface area contributed by atoms with Crippen LogP contribution in [0.1, 0.15) is 41.1 Å². The first kappa shape index (κ1) is 13.6. The minimum atomic E-state index is 0.492. The number of benzene rings is 1. The predicted octanol–water partition coefficient (Wildman–Crippen LogP) is 2.97. The summed E-state index contributed by atoms with van der Waals surface area (Å²) in [6.07, 6.45) is 2.59. The molecule has 18 heavy (non-hydrogen) atoms. The Balaban J connectivity index is 2.39. The largest absolute Gasteiger partial charge is 0.312 e. The van der Waals surface area contributed by atoms with Crippen molar-refractivity contribution in [1.29, 1.82) is 0 Å². The molecule has 2 unspecified atom stereocenters. The van der Waals surface area contributed by atoms with Crippen molar-refractivity contribution in [2.75, 3.05) is 20.6 Å². The van der Waals surface area contributed by atoms with Gasteiger partial charge in [-0.1, -0.05) is 12.1 Å². The zero-order valence-corrected chi connectivity index (χ0v) is 12.4. The van der Waals surface area contributed by atoms with Crippen LogP contribution in [-0.2, 0) is 0 Å². The van der Waals surface area contributed by atoms with E-state index in [2.05, 4.69) is 57.2 Å².